The van der Waals surface area contributed by atoms with E-state index in [4.69, 9.17) is 23.2 Å². The van der Waals surface area contributed by atoms with Gasteiger partial charge < -0.3 is 5.32 Å². The summed E-state index contributed by atoms with van der Waals surface area (Å²) in [7, 11) is 1.86. The van der Waals surface area contributed by atoms with Gasteiger partial charge in [-0.15, -0.1) is 0 Å². The van der Waals surface area contributed by atoms with Crippen LogP contribution in [0.5, 0.6) is 0 Å². The summed E-state index contributed by atoms with van der Waals surface area (Å²) in [5, 5.41) is 7.30. The standard InChI is InChI=1S/C12H12Cl2N4O/c1-18-9(3-5-17-18)2-4-15-12(19)8-6-10(13)11(14)16-7-8/h3,5-7H,2,4H2,1H3,(H,15,19). The highest BCUT2D eigenvalue weighted by Crippen LogP contribution is 2.19. The lowest BCUT2D eigenvalue weighted by atomic mass is 10.2. The zero-order valence-electron chi connectivity index (χ0n) is 10.2. The smallest absolute Gasteiger partial charge is 0.252 e. The molecule has 7 heteroatoms. The van der Waals surface area contributed by atoms with Gasteiger partial charge in [0.05, 0.1) is 10.6 Å². The van der Waals surface area contributed by atoms with E-state index in [1.54, 1.807) is 10.9 Å². The Kier molecular flexibility index (Phi) is 4.39. The van der Waals surface area contributed by atoms with Gasteiger partial charge in [0.1, 0.15) is 5.15 Å². The summed E-state index contributed by atoms with van der Waals surface area (Å²) in [6, 6.07) is 3.41. The minimum atomic E-state index is -0.228. The Bertz CT molecular complexity index is 597. The number of hydrogen-bond donors (Lipinski definition) is 1. The van der Waals surface area contributed by atoms with Gasteiger partial charge in [-0.25, -0.2) is 4.98 Å². The average molecular weight is 299 g/mol. The normalized spacial score (nSPS) is 10.5. The number of rotatable bonds is 4. The van der Waals surface area contributed by atoms with Crippen molar-refractivity contribution in [2.24, 2.45) is 7.05 Å². The minimum absolute atomic E-state index is 0.188. The van der Waals surface area contributed by atoms with E-state index < -0.39 is 0 Å². The molecule has 19 heavy (non-hydrogen) atoms. The second-order valence-electron chi connectivity index (χ2n) is 3.95. The van der Waals surface area contributed by atoms with Gasteiger partial charge in [0.15, 0.2) is 0 Å². The zero-order chi connectivity index (χ0) is 13.8. The topological polar surface area (TPSA) is 59.8 Å². The Labute approximate surface area is 120 Å². The van der Waals surface area contributed by atoms with Gasteiger partial charge in [-0.2, -0.15) is 5.10 Å². The first-order chi connectivity index (χ1) is 9.08. The molecule has 2 heterocycles. The van der Waals surface area contributed by atoms with Crippen LogP contribution in [-0.2, 0) is 13.5 Å². The quantitative estimate of drug-likeness (QED) is 0.879. The number of amides is 1. The molecule has 0 fully saturated rings. The predicted molar refractivity (Wildman–Crippen MR) is 73.5 cm³/mol. The molecule has 0 aliphatic carbocycles. The predicted octanol–water partition coefficient (Wildman–Crippen LogP) is 2.09. The first-order valence-corrected chi connectivity index (χ1v) is 6.39. The Morgan fingerprint density at radius 3 is 2.89 bits per heavy atom. The summed E-state index contributed by atoms with van der Waals surface area (Å²) < 4.78 is 1.77. The van der Waals surface area contributed by atoms with Crippen molar-refractivity contribution in [1.82, 2.24) is 20.1 Å². The molecule has 1 amide bonds. The van der Waals surface area contributed by atoms with E-state index in [1.165, 1.54) is 12.3 Å². The summed E-state index contributed by atoms with van der Waals surface area (Å²) in [6.45, 7) is 0.513. The number of pyridine rings is 1. The molecule has 0 saturated heterocycles. The molecule has 0 bridgehead atoms. The monoisotopic (exact) mass is 298 g/mol. The van der Waals surface area contributed by atoms with E-state index in [1.807, 2.05) is 13.1 Å². The third-order valence-corrected chi connectivity index (χ3v) is 3.33. The summed E-state index contributed by atoms with van der Waals surface area (Å²) in [4.78, 5) is 15.7. The highest BCUT2D eigenvalue weighted by atomic mass is 35.5. The number of carbonyl (C=O) groups is 1. The van der Waals surface area contributed by atoms with E-state index in [2.05, 4.69) is 15.4 Å². The summed E-state index contributed by atoms with van der Waals surface area (Å²) in [5.74, 6) is -0.228. The van der Waals surface area contributed by atoms with Crippen molar-refractivity contribution in [2.45, 2.75) is 6.42 Å². The Morgan fingerprint density at radius 1 is 1.47 bits per heavy atom. The maximum absolute atomic E-state index is 11.8. The summed E-state index contributed by atoms with van der Waals surface area (Å²) in [5.41, 5.74) is 1.44. The van der Waals surface area contributed by atoms with Gasteiger partial charge in [0, 0.05) is 38.1 Å². The molecule has 0 radical (unpaired) electrons. The minimum Gasteiger partial charge on any atom is -0.352 e. The van der Waals surface area contributed by atoms with E-state index in [0.29, 0.717) is 18.5 Å². The van der Waals surface area contributed by atoms with E-state index in [9.17, 15) is 4.79 Å². The third-order valence-electron chi connectivity index (χ3n) is 2.65. The number of halogens is 2. The SMILES string of the molecule is Cn1nccc1CCNC(=O)c1cnc(Cl)c(Cl)c1. The number of nitrogens with one attached hydrogen (secondary N) is 1. The lowest BCUT2D eigenvalue weighted by Crippen LogP contribution is -2.26. The van der Waals surface area contributed by atoms with E-state index in [-0.39, 0.29) is 16.1 Å². The van der Waals surface area contributed by atoms with Crippen LogP contribution < -0.4 is 5.32 Å². The fourth-order valence-corrected chi connectivity index (χ4v) is 1.87. The number of hydrogen-bond acceptors (Lipinski definition) is 3. The molecule has 1 N–H and O–H groups in total. The van der Waals surface area contributed by atoms with Crippen LogP contribution >= 0.6 is 23.2 Å². The molecule has 5 nitrogen and oxygen atoms in total. The van der Waals surface area contributed by atoms with Crippen LogP contribution in [0.25, 0.3) is 0 Å². The fraction of sp³-hybridized carbons (Fsp3) is 0.250. The number of carbonyl (C=O) groups excluding carboxylic acids is 1. The highest BCUT2D eigenvalue weighted by Gasteiger charge is 2.09. The number of nitrogens with zero attached hydrogens (tertiary/aromatic N) is 3. The van der Waals surface area contributed by atoms with E-state index in [0.717, 1.165) is 5.69 Å². The average Bonchev–Trinajstić information content (AvgIpc) is 2.78. The van der Waals surface area contributed by atoms with Crippen molar-refractivity contribution >= 4 is 29.1 Å². The molecule has 0 aliphatic rings. The summed E-state index contributed by atoms with van der Waals surface area (Å²) in [6.07, 6.45) is 3.82. The molecule has 0 atom stereocenters. The van der Waals surface area contributed by atoms with Gasteiger partial charge in [-0.1, -0.05) is 23.2 Å². The van der Waals surface area contributed by atoms with Gasteiger partial charge in [0.2, 0.25) is 0 Å². The first kappa shape index (κ1) is 13.8. The van der Waals surface area contributed by atoms with Crippen LogP contribution in [0.15, 0.2) is 24.5 Å². The molecule has 0 unspecified atom stereocenters. The molecule has 2 aromatic heterocycles. The van der Waals surface area contributed by atoms with Crippen LogP contribution in [0.2, 0.25) is 10.2 Å². The highest BCUT2D eigenvalue weighted by molar-refractivity contribution is 6.41. The second-order valence-corrected chi connectivity index (χ2v) is 4.71. The largest absolute Gasteiger partial charge is 0.352 e. The van der Waals surface area contributed by atoms with Gasteiger partial charge in [-0.05, 0) is 12.1 Å². The van der Waals surface area contributed by atoms with Crippen LogP contribution in [0.4, 0.5) is 0 Å². The molecule has 2 aromatic rings. The first-order valence-electron chi connectivity index (χ1n) is 5.64. The molecule has 0 aliphatic heterocycles. The van der Waals surface area contributed by atoms with Crippen molar-refractivity contribution in [3.8, 4) is 0 Å². The summed E-state index contributed by atoms with van der Waals surface area (Å²) >= 11 is 11.5. The molecule has 100 valence electrons. The van der Waals surface area contributed by atoms with Crippen LogP contribution in [0.3, 0.4) is 0 Å². The van der Waals surface area contributed by atoms with Crippen LogP contribution in [0.1, 0.15) is 16.1 Å². The fourth-order valence-electron chi connectivity index (χ4n) is 1.60. The van der Waals surface area contributed by atoms with Gasteiger partial charge in [-0.3, -0.25) is 9.48 Å². The maximum atomic E-state index is 11.8. The zero-order valence-corrected chi connectivity index (χ0v) is 11.7. The Morgan fingerprint density at radius 2 is 2.26 bits per heavy atom. The van der Waals surface area contributed by atoms with Crippen molar-refractivity contribution in [3.63, 3.8) is 0 Å². The lowest BCUT2D eigenvalue weighted by Gasteiger charge is -2.06. The molecular formula is C12H12Cl2N4O. The van der Waals surface area contributed by atoms with Gasteiger partial charge >= 0.3 is 0 Å². The van der Waals surface area contributed by atoms with E-state index >= 15 is 0 Å². The Balaban J connectivity index is 1.91. The van der Waals surface area contributed by atoms with Crippen molar-refractivity contribution in [1.29, 1.82) is 0 Å². The van der Waals surface area contributed by atoms with Crippen molar-refractivity contribution in [2.75, 3.05) is 6.54 Å². The molecule has 0 aromatic carbocycles. The number of aryl methyl sites for hydroxylation is 1. The molecular weight excluding hydrogens is 287 g/mol. The molecule has 0 spiro atoms. The third kappa shape index (κ3) is 3.45. The Hall–Kier alpha value is -1.59. The molecule has 0 saturated carbocycles. The van der Waals surface area contributed by atoms with Crippen LogP contribution in [0, 0.1) is 0 Å². The van der Waals surface area contributed by atoms with Crippen molar-refractivity contribution < 1.29 is 4.79 Å². The number of aromatic nitrogens is 3. The maximum Gasteiger partial charge on any atom is 0.252 e. The van der Waals surface area contributed by atoms with Crippen LogP contribution in [-0.4, -0.2) is 27.2 Å². The van der Waals surface area contributed by atoms with Gasteiger partial charge in [0.25, 0.3) is 5.91 Å². The van der Waals surface area contributed by atoms with Crippen molar-refractivity contribution in [3.05, 3.63) is 46.0 Å². The molecule has 2 rings (SSSR count). The lowest BCUT2D eigenvalue weighted by molar-refractivity contribution is 0.0953. The second kappa shape index (κ2) is 6.04.